The van der Waals surface area contributed by atoms with E-state index in [9.17, 15) is 19.2 Å². The van der Waals surface area contributed by atoms with Gasteiger partial charge in [0.15, 0.2) is 5.82 Å². The molecular weight excluding hydrogens is 644 g/mol. The third-order valence-corrected chi connectivity index (χ3v) is 8.70. The van der Waals surface area contributed by atoms with Gasteiger partial charge in [-0.1, -0.05) is 74.2 Å². The van der Waals surface area contributed by atoms with Gasteiger partial charge >= 0.3 is 6.09 Å². The van der Waals surface area contributed by atoms with Crippen LogP contribution in [0.25, 0.3) is 10.8 Å². The topological polar surface area (TPSA) is 135 Å². The van der Waals surface area contributed by atoms with E-state index in [1.165, 1.54) is 0 Å². The van der Waals surface area contributed by atoms with Crippen LogP contribution in [-0.4, -0.2) is 68.5 Å². The van der Waals surface area contributed by atoms with Crippen molar-refractivity contribution in [3.05, 3.63) is 96.4 Å². The number of alkyl carbamates (subject to hydrolysis) is 1. The zero-order valence-electron chi connectivity index (χ0n) is 29.6. The third kappa shape index (κ3) is 10.4. The number of nitrogens with zero attached hydrogens (tertiary/aromatic N) is 3. The van der Waals surface area contributed by atoms with E-state index < -0.39 is 41.1 Å². The number of carbonyl (C=O) groups excluding carboxylic acids is 4. The van der Waals surface area contributed by atoms with Crippen molar-refractivity contribution in [1.82, 2.24) is 25.1 Å². The summed E-state index contributed by atoms with van der Waals surface area (Å²) in [6, 6.07) is 22.3. The summed E-state index contributed by atoms with van der Waals surface area (Å²) in [5, 5.41) is 10.4. The van der Waals surface area contributed by atoms with Gasteiger partial charge in [-0.05, 0) is 94.7 Å². The van der Waals surface area contributed by atoms with E-state index in [-0.39, 0.29) is 19.2 Å². The van der Waals surface area contributed by atoms with Gasteiger partial charge in [-0.2, -0.15) is 0 Å². The maximum atomic E-state index is 13.9. The number of hydrogen-bond donors (Lipinski definition) is 3. The Labute approximate surface area is 301 Å². The Morgan fingerprint density at radius 1 is 0.882 bits per heavy atom. The normalized spacial score (nSPS) is 14.3. The van der Waals surface area contributed by atoms with Crippen LogP contribution in [-0.2, 0) is 25.5 Å². The molecule has 4 aromatic rings. The number of benzene rings is 3. The second-order valence-corrected chi connectivity index (χ2v) is 14.4. The number of ether oxygens (including phenoxy) is 1. The number of hydrogen-bond acceptors (Lipinski definition) is 6. The van der Waals surface area contributed by atoms with E-state index in [1.54, 1.807) is 51.7 Å². The summed E-state index contributed by atoms with van der Waals surface area (Å²) >= 11 is 0. The van der Waals surface area contributed by atoms with Gasteiger partial charge in [-0.25, -0.2) is 9.78 Å². The van der Waals surface area contributed by atoms with Gasteiger partial charge in [0.05, 0.1) is 6.33 Å². The first-order valence-electron chi connectivity index (χ1n) is 17.3. The molecule has 1 aromatic heterocycles. The first kappa shape index (κ1) is 38.6. The first-order valence-corrected chi connectivity index (χ1v) is 17.3. The fourth-order valence-electron chi connectivity index (χ4n) is 6.06. The van der Waals surface area contributed by atoms with Gasteiger partial charge < -0.3 is 30.2 Å². The van der Waals surface area contributed by atoms with Crippen LogP contribution in [0.15, 0.2) is 85.3 Å². The molecule has 0 bridgehead atoms. The molecule has 0 radical (unpaired) electrons. The van der Waals surface area contributed by atoms with Crippen molar-refractivity contribution in [3.63, 3.8) is 0 Å². The van der Waals surface area contributed by atoms with Crippen LogP contribution < -0.4 is 16.0 Å². The Morgan fingerprint density at radius 3 is 2.24 bits per heavy atom. The SMILES string of the molecule is C.CC(C)(C)OC(=O)NC(C)(C)C(=O)N[C@H](CCCc1ccccc1)C(=O)Nc1cn(C(C(=O)N2CCCC2)c2ccc3ccccc3c2)cn1. The number of aryl methyl sites for hydroxylation is 1. The Hall–Kier alpha value is -5.19. The van der Waals surface area contributed by atoms with Crippen LogP contribution in [0.4, 0.5) is 10.6 Å². The van der Waals surface area contributed by atoms with E-state index in [0.29, 0.717) is 32.4 Å². The number of anilines is 1. The van der Waals surface area contributed by atoms with Crippen molar-refractivity contribution in [2.75, 3.05) is 18.4 Å². The molecule has 1 fully saturated rings. The highest BCUT2D eigenvalue weighted by molar-refractivity contribution is 5.98. The molecule has 3 N–H and O–H groups in total. The van der Waals surface area contributed by atoms with E-state index in [2.05, 4.69) is 20.9 Å². The highest BCUT2D eigenvalue weighted by Crippen LogP contribution is 2.28. The lowest BCUT2D eigenvalue weighted by molar-refractivity contribution is -0.132. The molecule has 2 heterocycles. The van der Waals surface area contributed by atoms with E-state index in [0.717, 1.165) is 34.7 Å². The fourth-order valence-corrected chi connectivity index (χ4v) is 6.06. The van der Waals surface area contributed by atoms with Crippen molar-refractivity contribution in [3.8, 4) is 0 Å². The molecular formula is C40H52N6O5. The summed E-state index contributed by atoms with van der Waals surface area (Å²) in [6.45, 7) is 9.71. The van der Waals surface area contributed by atoms with Crippen LogP contribution >= 0.6 is 0 Å². The molecule has 272 valence electrons. The summed E-state index contributed by atoms with van der Waals surface area (Å²) < 4.78 is 7.08. The van der Waals surface area contributed by atoms with Gasteiger partial charge in [0, 0.05) is 19.3 Å². The van der Waals surface area contributed by atoms with Crippen LogP contribution in [0.3, 0.4) is 0 Å². The number of likely N-dealkylation sites (tertiary alicyclic amines) is 1. The Balaban J connectivity index is 0.00000583. The largest absolute Gasteiger partial charge is 0.444 e. The summed E-state index contributed by atoms with van der Waals surface area (Å²) in [5.74, 6) is -0.776. The minimum atomic E-state index is -1.37. The quantitative estimate of drug-likeness (QED) is 0.152. The van der Waals surface area contributed by atoms with Gasteiger partial charge in [-0.3, -0.25) is 14.4 Å². The van der Waals surface area contributed by atoms with Crippen LogP contribution in [0.1, 0.15) is 84.9 Å². The third-order valence-electron chi connectivity index (χ3n) is 8.70. The molecule has 11 heteroatoms. The average Bonchev–Trinajstić information content (AvgIpc) is 3.77. The van der Waals surface area contributed by atoms with Crippen molar-refractivity contribution in [1.29, 1.82) is 0 Å². The van der Waals surface area contributed by atoms with Gasteiger partial charge in [0.2, 0.25) is 17.7 Å². The zero-order chi connectivity index (χ0) is 35.9. The molecule has 2 atom stereocenters. The molecule has 51 heavy (non-hydrogen) atoms. The van der Waals surface area contributed by atoms with Gasteiger partial charge in [0.1, 0.15) is 23.2 Å². The lowest BCUT2D eigenvalue weighted by Crippen LogP contribution is -2.58. The second kappa shape index (κ2) is 16.7. The molecule has 1 unspecified atom stereocenters. The van der Waals surface area contributed by atoms with Crippen LogP contribution in [0.2, 0.25) is 0 Å². The lowest BCUT2D eigenvalue weighted by Gasteiger charge is -2.29. The Kier molecular flexibility index (Phi) is 12.6. The number of aromatic nitrogens is 2. The number of rotatable bonds is 12. The van der Waals surface area contributed by atoms with Crippen molar-refractivity contribution in [2.45, 2.75) is 97.4 Å². The Bertz CT molecular complexity index is 1810. The first-order chi connectivity index (χ1) is 23.8. The zero-order valence-corrected chi connectivity index (χ0v) is 29.6. The summed E-state index contributed by atoms with van der Waals surface area (Å²) in [4.78, 5) is 60.1. The number of amides is 4. The van der Waals surface area contributed by atoms with Crippen LogP contribution in [0, 0.1) is 0 Å². The van der Waals surface area contributed by atoms with Gasteiger partial charge in [-0.15, -0.1) is 0 Å². The van der Waals surface area contributed by atoms with E-state index in [1.807, 2.05) is 77.7 Å². The maximum absolute atomic E-state index is 13.9. The molecule has 5 rings (SSSR count). The molecule has 1 saturated heterocycles. The molecule has 11 nitrogen and oxygen atoms in total. The van der Waals surface area contributed by atoms with Crippen LogP contribution in [0.5, 0.6) is 0 Å². The molecule has 0 saturated carbocycles. The maximum Gasteiger partial charge on any atom is 0.408 e. The summed E-state index contributed by atoms with van der Waals surface area (Å²) in [7, 11) is 0. The molecule has 0 spiro atoms. The van der Waals surface area contributed by atoms with Crippen molar-refractivity contribution >= 4 is 40.4 Å². The number of nitrogens with one attached hydrogen (secondary N) is 3. The highest BCUT2D eigenvalue weighted by Gasteiger charge is 2.35. The van der Waals surface area contributed by atoms with E-state index in [4.69, 9.17) is 4.74 Å². The summed E-state index contributed by atoms with van der Waals surface area (Å²) in [5.41, 5.74) is -0.176. The number of fused-ring (bicyclic) bond motifs is 1. The highest BCUT2D eigenvalue weighted by atomic mass is 16.6. The smallest absolute Gasteiger partial charge is 0.408 e. The molecule has 4 amide bonds. The van der Waals surface area contributed by atoms with Crippen molar-refractivity contribution in [2.24, 2.45) is 0 Å². The summed E-state index contributed by atoms with van der Waals surface area (Å²) in [6.07, 6.45) is 6.06. The fraction of sp³-hybridized carbons (Fsp3) is 0.425. The molecule has 1 aliphatic rings. The minimum absolute atomic E-state index is 0. The van der Waals surface area contributed by atoms with E-state index >= 15 is 0 Å². The molecule has 3 aromatic carbocycles. The number of imidazole rings is 1. The monoisotopic (exact) mass is 696 g/mol. The van der Waals surface area contributed by atoms with Crippen molar-refractivity contribution < 1.29 is 23.9 Å². The predicted octanol–water partition coefficient (Wildman–Crippen LogP) is 6.63. The molecule has 0 aliphatic carbocycles. The predicted molar refractivity (Wildman–Crippen MR) is 200 cm³/mol. The second-order valence-electron chi connectivity index (χ2n) is 14.4. The minimum Gasteiger partial charge on any atom is -0.444 e. The number of carbonyl (C=O) groups is 4. The van der Waals surface area contributed by atoms with Gasteiger partial charge in [0.25, 0.3) is 0 Å². The standard InChI is InChI=1S/C39H48N6O5.CH4/c1-38(2,3)50-37(49)43-39(4,5)36(48)41-31(19-13-16-27-14-7-6-8-15-27)34(46)42-32-25-45(26-40-32)33(35(47)44-22-11-12-23-44)30-21-20-28-17-9-10-18-29(28)24-30;/h6-10,14-15,17-18,20-21,24-26,31,33H,11-13,16,19,22-23H2,1-5H3,(H,41,48)(H,42,46)(H,43,49);1H4/t31-,33?;/m1./s1. The lowest BCUT2D eigenvalue weighted by atomic mass is 10.0. The molecule has 1 aliphatic heterocycles. The Morgan fingerprint density at radius 2 is 1.55 bits per heavy atom. The average molecular weight is 697 g/mol.